The van der Waals surface area contributed by atoms with Gasteiger partial charge in [0, 0.05) is 18.2 Å². The van der Waals surface area contributed by atoms with Gasteiger partial charge < -0.3 is 10.2 Å². The Balaban J connectivity index is 2.10. The van der Waals surface area contributed by atoms with Gasteiger partial charge in [-0.2, -0.15) is 0 Å². The Kier molecular flexibility index (Phi) is 4.97. The van der Waals surface area contributed by atoms with Crippen molar-refractivity contribution < 1.29 is 4.79 Å². The summed E-state index contributed by atoms with van der Waals surface area (Å²) in [7, 11) is 0. The fourth-order valence-corrected chi connectivity index (χ4v) is 2.40. The number of nitrogens with one attached hydrogen (secondary N) is 1. The number of carbonyl (C=O) groups is 1. The number of carbonyl (C=O) groups excluding carboxylic acids is 1. The van der Waals surface area contributed by atoms with E-state index in [1.165, 1.54) is 0 Å². The van der Waals surface area contributed by atoms with Crippen molar-refractivity contribution >= 4 is 11.6 Å². The number of hydrogen-bond acceptors (Lipinski definition) is 2. The van der Waals surface area contributed by atoms with Crippen LogP contribution in [0.2, 0.25) is 0 Å². The topological polar surface area (TPSA) is 32.3 Å². The molecule has 0 aromatic heterocycles. The number of nitrogens with zero attached hydrogens (tertiary/aromatic N) is 1. The van der Waals surface area contributed by atoms with Crippen LogP contribution in [-0.4, -0.2) is 25.5 Å². The molecule has 1 saturated heterocycles. The number of hydrogen-bond donors (Lipinski definition) is 1. The highest BCUT2D eigenvalue weighted by atomic mass is 16.2. The van der Waals surface area contributed by atoms with Gasteiger partial charge in [0.1, 0.15) is 0 Å². The zero-order valence-electron chi connectivity index (χ0n) is 11.9. The van der Waals surface area contributed by atoms with Crippen LogP contribution in [0.1, 0.15) is 26.7 Å². The molecule has 1 aliphatic rings. The SMILES string of the molecule is CCCCN(C(=O)C(C)C1CNC1)c1ccccc1. The molecule has 3 heteroatoms. The van der Waals surface area contributed by atoms with Crippen LogP contribution in [0, 0.1) is 11.8 Å². The van der Waals surface area contributed by atoms with E-state index in [2.05, 4.69) is 19.2 Å². The summed E-state index contributed by atoms with van der Waals surface area (Å²) in [6.07, 6.45) is 2.16. The summed E-state index contributed by atoms with van der Waals surface area (Å²) < 4.78 is 0. The first-order valence-electron chi connectivity index (χ1n) is 7.31. The second kappa shape index (κ2) is 6.71. The summed E-state index contributed by atoms with van der Waals surface area (Å²) in [5, 5.41) is 3.25. The Morgan fingerprint density at radius 3 is 2.58 bits per heavy atom. The van der Waals surface area contributed by atoms with E-state index in [1.807, 2.05) is 35.2 Å². The Morgan fingerprint density at radius 1 is 1.37 bits per heavy atom. The molecular weight excluding hydrogens is 236 g/mol. The largest absolute Gasteiger partial charge is 0.316 e. The molecule has 1 amide bonds. The zero-order valence-corrected chi connectivity index (χ0v) is 11.9. The molecule has 0 aliphatic carbocycles. The minimum Gasteiger partial charge on any atom is -0.316 e. The van der Waals surface area contributed by atoms with Crippen LogP contribution in [0.15, 0.2) is 30.3 Å². The second-order valence-corrected chi connectivity index (χ2v) is 5.39. The summed E-state index contributed by atoms with van der Waals surface area (Å²) in [4.78, 5) is 14.6. The molecule has 0 saturated carbocycles. The summed E-state index contributed by atoms with van der Waals surface area (Å²) >= 11 is 0. The van der Waals surface area contributed by atoms with Crippen LogP contribution in [0.4, 0.5) is 5.69 Å². The summed E-state index contributed by atoms with van der Waals surface area (Å²) in [5.41, 5.74) is 1.03. The Bertz CT molecular complexity index is 400. The molecule has 1 heterocycles. The quantitative estimate of drug-likeness (QED) is 0.853. The molecule has 1 aliphatic heterocycles. The number of unbranched alkanes of at least 4 members (excludes halogenated alkanes) is 1. The van der Waals surface area contributed by atoms with Gasteiger partial charge in [-0.1, -0.05) is 38.5 Å². The summed E-state index contributed by atoms with van der Waals surface area (Å²) in [5.74, 6) is 0.879. The lowest BCUT2D eigenvalue weighted by molar-refractivity contribution is -0.124. The van der Waals surface area contributed by atoms with Gasteiger partial charge in [0.15, 0.2) is 0 Å². The van der Waals surface area contributed by atoms with Crippen LogP contribution in [0.5, 0.6) is 0 Å². The van der Waals surface area contributed by atoms with E-state index in [0.29, 0.717) is 5.92 Å². The first-order valence-corrected chi connectivity index (χ1v) is 7.31. The van der Waals surface area contributed by atoms with E-state index in [-0.39, 0.29) is 11.8 Å². The highest BCUT2D eigenvalue weighted by molar-refractivity contribution is 5.95. The third-order valence-electron chi connectivity index (χ3n) is 3.98. The molecule has 1 aromatic carbocycles. The van der Waals surface area contributed by atoms with Crippen LogP contribution in [0.25, 0.3) is 0 Å². The maximum absolute atomic E-state index is 12.7. The van der Waals surface area contributed by atoms with Crippen molar-refractivity contribution in [3.05, 3.63) is 30.3 Å². The standard InChI is InChI=1S/C16H24N2O/c1-3-4-10-18(15-8-6-5-7-9-15)16(19)13(2)14-11-17-12-14/h5-9,13-14,17H,3-4,10-12H2,1-2H3. The lowest BCUT2D eigenvalue weighted by atomic mass is 9.87. The van der Waals surface area contributed by atoms with Gasteiger partial charge >= 0.3 is 0 Å². The summed E-state index contributed by atoms with van der Waals surface area (Å²) in [6, 6.07) is 10.0. The molecule has 0 spiro atoms. The predicted molar refractivity (Wildman–Crippen MR) is 79.2 cm³/mol. The van der Waals surface area contributed by atoms with Gasteiger partial charge in [0.2, 0.25) is 5.91 Å². The summed E-state index contributed by atoms with van der Waals surface area (Å²) in [6.45, 7) is 7.00. The van der Waals surface area contributed by atoms with Crippen LogP contribution in [0.3, 0.4) is 0 Å². The van der Waals surface area contributed by atoms with Crippen molar-refractivity contribution in [3.8, 4) is 0 Å². The minimum atomic E-state index is 0.110. The van der Waals surface area contributed by atoms with E-state index in [1.54, 1.807) is 0 Å². The fraction of sp³-hybridized carbons (Fsp3) is 0.562. The molecule has 1 atom stereocenters. The normalized spacial score (nSPS) is 16.7. The lowest BCUT2D eigenvalue weighted by Crippen LogP contribution is -2.50. The average molecular weight is 260 g/mol. The van der Waals surface area contributed by atoms with Gasteiger partial charge in [-0.3, -0.25) is 4.79 Å². The van der Waals surface area contributed by atoms with Crippen molar-refractivity contribution in [2.24, 2.45) is 11.8 Å². The first-order chi connectivity index (χ1) is 9.24. The van der Waals surface area contributed by atoms with Crippen molar-refractivity contribution in [1.82, 2.24) is 5.32 Å². The van der Waals surface area contributed by atoms with Gasteiger partial charge in [-0.15, -0.1) is 0 Å². The van der Waals surface area contributed by atoms with Crippen molar-refractivity contribution in [2.45, 2.75) is 26.7 Å². The number of benzene rings is 1. The van der Waals surface area contributed by atoms with Crippen LogP contribution < -0.4 is 10.2 Å². The Labute approximate surface area is 116 Å². The number of rotatable bonds is 6. The lowest BCUT2D eigenvalue weighted by Gasteiger charge is -2.35. The number of para-hydroxylation sites is 1. The Morgan fingerprint density at radius 2 is 2.05 bits per heavy atom. The maximum atomic E-state index is 12.7. The van der Waals surface area contributed by atoms with Crippen molar-refractivity contribution in [1.29, 1.82) is 0 Å². The molecule has 19 heavy (non-hydrogen) atoms. The molecular formula is C16H24N2O. The van der Waals surface area contributed by atoms with E-state index in [9.17, 15) is 4.79 Å². The van der Waals surface area contributed by atoms with E-state index in [0.717, 1.165) is 38.2 Å². The van der Waals surface area contributed by atoms with Gasteiger partial charge in [-0.25, -0.2) is 0 Å². The smallest absolute Gasteiger partial charge is 0.230 e. The molecule has 1 aromatic rings. The average Bonchev–Trinajstić information content (AvgIpc) is 2.38. The monoisotopic (exact) mass is 260 g/mol. The number of amides is 1. The first kappa shape index (κ1) is 14.1. The molecule has 1 unspecified atom stereocenters. The molecule has 0 radical (unpaired) electrons. The third kappa shape index (κ3) is 3.35. The van der Waals surface area contributed by atoms with Crippen molar-refractivity contribution in [2.75, 3.05) is 24.5 Å². The van der Waals surface area contributed by atoms with Gasteiger partial charge in [-0.05, 0) is 37.6 Å². The number of anilines is 1. The zero-order chi connectivity index (χ0) is 13.7. The second-order valence-electron chi connectivity index (χ2n) is 5.39. The molecule has 3 nitrogen and oxygen atoms in total. The fourth-order valence-electron chi connectivity index (χ4n) is 2.40. The molecule has 1 fully saturated rings. The predicted octanol–water partition coefficient (Wildman–Crippen LogP) is 2.68. The molecule has 1 N–H and O–H groups in total. The highest BCUT2D eigenvalue weighted by Gasteiger charge is 2.31. The van der Waals surface area contributed by atoms with Gasteiger partial charge in [0.05, 0.1) is 0 Å². The van der Waals surface area contributed by atoms with Crippen molar-refractivity contribution in [3.63, 3.8) is 0 Å². The van der Waals surface area contributed by atoms with E-state index < -0.39 is 0 Å². The van der Waals surface area contributed by atoms with E-state index in [4.69, 9.17) is 0 Å². The maximum Gasteiger partial charge on any atom is 0.230 e. The third-order valence-corrected chi connectivity index (χ3v) is 3.98. The van der Waals surface area contributed by atoms with E-state index >= 15 is 0 Å². The molecule has 2 rings (SSSR count). The molecule has 0 bridgehead atoms. The van der Waals surface area contributed by atoms with Gasteiger partial charge in [0.25, 0.3) is 0 Å². The highest BCUT2D eigenvalue weighted by Crippen LogP contribution is 2.23. The minimum absolute atomic E-state index is 0.110. The van der Waals surface area contributed by atoms with Crippen LogP contribution in [-0.2, 0) is 4.79 Å². The Hall–Kier alpha value is -1.35. The van der Waals surface area contributed by atoms with Crippen LogP contribution >= 0.6 is 0 Å². The molecule has 104 valence electrons.